The predicted octanol–water partition coefficient (Wildman–Crippen LogP) is 4.55. The SMILES string of the molecule is C=CC(C)C(NC(=O)C1CCCN1C(=O)C(CC(=O)NCC(C)(C)C)C1CCCCC1)C(=O)NS(=O)(=O)C1CC1.COC(=O)N1Cc2cccc(F)c2C1. The number of sulfonamides is 1. The Hall–Kier alpha value is -4.01. The van der Waals surface area contributed by atoms with E-state index in [1.807, 2.05) is 26.8 Å². The minimum Gasteiger partial charge on any atom is -0.453 e. The quantitative estimate of drug-likeness (QED) is 0.260. The number of halogens is 1. The second-order valence-corrected chi connectivity index (χ2v) is 18.2. The molecule has 4 aliphatic rings. The summed E-state index contributed by atoms with van der Waals surface area (Å²) in [5.74, 6) is -2.88. The molecule has 4 unspecified atom stereocenters. The van der Waals surface area contributed by atoms with Gasteiger partial charge in [-0.2, -0.15) is 0 Å². The minimum absolute atomic E-state index is 0.0814. The fourth-order valence-corrected chi connectivity index (χ4v) is 8.60. The molecule has 1 aromatic rings. The van der Waals surface area contributed by atoms with Gasteiger partial charge in [0.15, 0.2) is 0 Å². The molecule has 0 spiro atoms. The van der Waals surface area contributed by atoms with E-state index < -0.39 is 57.1 Å². The van der Waals surface area contributed by atoms with Crippen molar-refractivity contribution in [2.75, 3.05) is 20.2 Å². The zero-order chi connectivity index (χ0) is 39.8. The summed E-state index contributed by atoms with van der Waals surface area (Å²) in [7, 11) is -2.47. The van der Waals surface area contributed by atoms with Crippen LogP contribution in [0.5, 0.6) is 0 Å². The van der Waals surface area contributed by atoms with Gasteiger partial charge in [0, 0.05) is 43.5 Å². The lowest BCUT2D eigenvalue weighted by atomic mass is 9.77. The summed E-state index contributed by atoms with van der Waals surface area (Å²) in [6.45, 7) is 13.1. The molecule has 1 aromatic carbocycles. The van der Waals surface area contributed by atoms with E-state index in [9.17, 15) is 36.8 Å². The Morgan fingerprint density at radius 2 is 1.70 bits per heavy atom. The zero-order valence-electron chi connectivity index (χ0n) is 32.3. The van der Waals surface area contributed by atoms with Crippen molar-refractivity contribution in [3.63, 3.8) is 0 Å². The Morgan fingerprint density at radius 1 is 1.02 bits per heavy atom. The molecule has 3 N–H and O–H groups in total. The van der Waals surface area contributed by atoms with E-state index in [0.29, 0.717) is 57.4 Å². The van der Waals surface area contributed by atoms with Crippen LogP contribution in [0.2, 0.25) is 0 Å². The third kappa shape index (κ3) is 11.5. The van der Waals surface area contributed by atoms with Gasteiger partial charge in [-0.15, -0.1) is 6.58 Å². The highest BCUT2D eigenvalue weighted by molar-refractivity contribution is 7.90. The number of benzene rings is 1. The lowest BCUT2D eigenvalue weighted by Gasteiger charge is -2.34. The zero-order valence-corrected chi connectivity index (χ0v) is 33.1. The number of hydrogen-bond acceptors (Lipinski definition) is 8. The van der Waals surface area contributed by atoms with Crippen molar-refractivity contribution in [2.24, 2.45) is 23.2 Å². The smallest absolute Gasteiger partial charge is 0.410 e. The maximum Gasteiger partial charge on any atom is 0.410 e. The Bertz CT molecular complexity index is 1650. The van der Waals surface area contributed by atoms with E-state index in [4.69, 9.17) is 0 Å². The average molecular weight is 776 g/mol. The molecule has 4 atom stereocenters. The fourth-order valence-electron chi connectivity index (χ4n) is 7.27. The Labute approximate surface area is 319 Å². The monoisotopic (exact) mass is 775 g/mol. The Morgan fingerprint density at radius 3 is 2.30 bits per heavy atom. The topological polar surface area (TPSA) is 171 Å². The molecule has 5 rings (SSSR count). The van der Waals surface area contributed by atoms with Crippen molar-refractivity contribution in [2.45, 2.75) is 122 Å². The molecule has 5 amide bonds. The number of rotatable bonds is 12. The number of carbonyl (C=O) groups is 5. The summed E-state index contributed by atoms with van der Waals surface area (Å²) >= 11 is 0. The van der Waals surface area contributed by atoms with Gasteiger partial charge in [-0.05, 0) is 61.5 Å². The van der Waals surface area contributed by atoms with Crippen LogP contribution in [0, 0.1) is 29.0 Å². The van der Waals surface area contributed by atoms with Gasteiger partial charge in [-0.25, -0.2) is 17.6 Å². The van der Waals surface area contributed by atoms with Crippen LogP contribution in [0.1, 0.15) is 103 Å². The minimum atomic E-state index is -3.79. The second-order valence-electron chi connectivity index (χ2n) is 16.2. The molecule has 2 saturated carbocycles. The summed E-state index contributed by atoms with van der Waals surface area (Å²) in [6, 6.07) is 2.94. The average Bonchev–Trinajstić information content (AvgIpc) is 3.73. The first-order valence-electron chi connectivity index (χ1n) is 19.1. The Kier molecular flexibility index (Phi) is 14.7. The molecule has 1 saturated heterocycles. The molecule has 0 bridgehead atoms. The number of nitrogens with zero attached hydrogens (tertiary/aromatic N) is 2. The van der Waals surface area contributed by atoms with Crippen LogP contribution >= 0.6 is 0 Å². The Balaban J connectivity index is 0.000000385. The van der Waals surface area contributed by atoms with Gasteiger partial charge in [0.2, 0.25) is 27.7 Å². The lowest BCUT2D eigenvalue weighted by molar-refractivity contribution is -0.145. The molecule has 3 fully saturated rings. The van der Waals surface area contributed by atoms with E-state index in [-0.39, 0.29) is 35.4 Å². The van der Waals surface area contributed by atoms with Crippen molar-refractivity contribution in [3.05, 3.63) is 47.8 Å². The second kappa shape index (κ2) is 18.5. The third-order valence-electron chi connectivity index (χ3n) is 10.6. The van der Waals surface area contributed by atoms with Crippen molar-refractivity contribution < 1.29 is 41.5 Å². The molecule has 300 valence electrons. The summed E-state index contributed by atoms with van der Waals surface area (Å²) in [6.07, 6.45) is 8.13. The van der Waals surface area contributed by atoms with Gasteiger partial charge in [0.05, 0.1) is 18.9 Å². The third-order valence-corrected chi connectivity index (χ3v) is 12.5. The standard InChI is InChI=1S/C29H48N4O6S.C10H10FNO2/c1-6-19(2)25(27(36)32-40(38,39)21-14-15-21)31-26(35)23-13-10-16-33(23)28(37)22(20-11-8-7-9-12-20)17-24(34)30-18-29(3,4)5;1-14-10(13)12-5-7-3-2-4-9(11)8(7)6-12/h6,19-23,25H,1,7-18H2,2-5H3,(H,30,34)(H,31,35)(H,32,36);2-4H,5-6H2,1H3. The molecule has 0 aromatic heterocycles. The van der Waals surface area contributed by atoms with Gasteiger partial charge < -0.3 is 20.3 Å². The highest BCUT2D eigenvalue weighted by Gasteiger charge is 2.43. The summed E-state index contributed by atoms with van der Waals surface area (Å²) in [5, 5.41) is 5.10. The maximum atomic E-state index is 14.0. The summed E-state index contributed by atoms with van der Waals surface area (Å²) in [5.41, 5.74) is 1.37. The number of amides is 5. The number of nitrogens with one attached hydrogen (secondary N) is 3. The van der Waals surface area contributed by atoms with Crippen molar-refractivity contribution >= 4 is 39.7 Å². The molecule has 13 nitrogen and oxygen atoms in total. The van der Waals surface area contributed by atoms with Gasteiger partial charge in [-0.1, -0.05) is 65.2 Å². The fraction of sp³-hybridized carbons (Fsp3) is 0.667. The van der Waals surface area contributed by atoms with Crippen LogP contribution in [-0.4, -0.2) is 85.5 Å². The molecule has 2 aliphatic carbocycles. The normalized spacial score (nSPS) is 20.4. The highest BCUT2D eigenvalue weighted by atomic mass is 32.2. The largest absolute Gasteiger partial charge is 0.453 e. The van der Waals surface area contributed by atoms with Crippen molar-refractivity contribution in [1.29, 1.82) is 0 Å². The van der Waals surface area contributed by atoms with Gasteiger partial charge in [0.1, 0.15) is 17.9 Å². The lowest BCUT2D eigenvalue weighted by Crippen LogP contribution is -2.56. The number of hydrogen-bond donors (Lipinski definition) is 3. The molecular formula is C39H58FN5O8S. The van der Waals surface area contributed by atoms with Gasteiger partial charge in [-0.3, -0.25) is 28.8 Å². The molecule has 54 heavy (non-hydrogen) atoms. The molecule has 2 heterocycles. The molecule has 15 heteroatoms. The van der Waals surface area contributed by atoms with Crippen LogP contribution in [0.4, 0.5) is 9.18 Å². The van der Waals surface area contributed by atoms with E-state index in [2.05, 4.69) is 26.7 Å². The first-order chi connectivity index (χ1) is 25.4. The van der Waals surface area contributed by atoms with Crippen molar-refractivity contribution in [3.8, 4) is 0 Å². The molecular weight excluding hydrogens is 718 g/mol. The van der Waals surface area contributed by atoms with Crippen LogP contribution in [0.25, 0.3) is 0 Å². The molecule has 0 radical (unpaired) electrons. The van der Waals surface area contributed by atoms with Gasteiger partial charge >= 0.3 is 6.09 Å². The number of ether oxygens (including phenoxy) is 1. The first-order valence-corrected chi connectivity index (χ1v) is 20.6. The summed E-state index contributed by atoms with van der Waals surface area (Å²) in [4.78, 5) is 67.5. The number of methoxy groups -OCH3 is 1. The first kappa shape index (κ1) is 42.7. The number of likely N-dealkylation sites (tertiary alicyclic amines) is 1. The van der Waals surface area contributed by atoms with Gasteiger partial charge in [0.25, 0.3) is 5.91 Å². The van der Waals surface area contributed by atoms with Crippen LogP contribution in [-0.2, 0) is 47.0 Å². The van der Waals surface area contributed by atoms with Crippen LogP contribution in [0.15, 0.2) is 30.9 Å². The van der Waals surface area contributed by atoms with E-state index >= 15 is 0 Å². The predicted molar refractivity (Wildman–Crippen MR) is 201 cm³/mol. The van der Waals surface area contributed by atoms with E-state index in [1.54, 1.807) is 17.9 Å². The number of carbonyl (C=O) groups excluding carboxylic acids is 5. The van der Waals surface area contributed by atoms with E-state index in [0.717, 1.165) is 37.7 Å². The van der Waals surface area contributed by atoms with Crippen molar-refractivity contribution in [1.82, 2.24) is 25.2 Å². The highest BCUT2D eigenvalue weighted by Crippen LogP contribution is 2.35. The summed E-state index contributed by atoms with van der Waals surface area (Å²) < 4.78 is 44.7. The van der Waals surface area contributed by atoms with Crippen LogP contribution < -0.4 is 15.4 Å². The molecule has 2 aliphatic heterocycles. The van der Waals surface area contributed by atoms with Crippen LogP contribution in [0.3, 0.4) is 0 Å². The number of fused-ring (bicyclic) bond motifs is 1. The maximum absolute atomic E-state index is 14.0. The van der Waals surface area contributed by atoms with E-state index in [1.165, 1.54) is 24.2 Å².